The van der Waals surface area contributed by atoms with E-state index < -0.39 is 80.1 Å². The van der Waals surface area contributed by atoms with Crippen molar-refractivity contribution in [2.24, 2.45) is 11.8 Å². The van der Waals surface area contributed by atoms with Crippen molar-refractivity contribution in [1.82, 2.24) is 0 Å². The summed E-state index contributed by atoms with van der Waals surface area (Å²) in [6.45, 7) is -5.43. The second-order valence-electron chi connectivity index (χ2n) is 11.2. The van der Waals surface area contributed by atoms with Gasteiger partial charge in [0, 0.05) is 13.2 Å². The molecule has 3 aromatic rings. The van der Waals surface area contributed by atoms with Gasteiger partial charge in [-0.05, 0) is 52.4 Å². The number of thiophene rings is 1. The molecule has 3 N–H and O–H groups in total. The van der Waals surface area contributed by atoms with E-state index in [1.165, 1.54) is 49.8 Å². The molecule has 0 spiro atoms. The smallest absolute Gasteiger partial charge is 0.310 e. The third-order valence-electron chi connectivity index (χ3n) is 8.74. The number of aliphatic hydroxyl groups is 2. The number of aliphatic hydroxyl groups excluding tert-OH is 2. The fourth-order valence-corrected chi connectivity index (χ4v) is 7.27. The molecule has 46 heavy (non-hydrogen) atoms. The van der Waals surface area contributed by atoms with Gasteiger partial charge < -0.3 is 58.0 Å². The van der Waals surface area contributed by atoms with Crippen LogP contribution in [0.5, 0.6) is 28.7 Å². The zero-order valence-electron chi connectivity index (χ0n) is 29.3. The SMILES string of the molecule is [2H]C1([2H])Oc2cc3c(cc2O1)[C@@]([2H])(c1cc(OC)c(O)c(OC)c1)[C@H]1C(=O)OC([2H])([2H])[C@@H]1[C@@H]3O[C@@H]1O[C@@H]2CO[C@@H](c3cccs3)O[C@H]2[C@H](O)[C@H]1O. The van der Waals surface area contributed by atoms with E-state index >= 15 is 0 Å². The first-order chi connectivity index (χ1) is 24.2. The predicted octanol–water partition coefficient (Wildman–Crippen LogP) is 2.75. The molecule has 0 amide bonds. The van der Waals surface area contributed by atoms with Crippen molar-refractivity contribution in [3.63, 3.8) is 0 Å². The van der Waals surface area contributed by atoms with Crippen molar-refractivity contribution in [2.75, 3.05) is 34.1 Å². The second-order valence-corrected chi connectivity index (χ2v) is 12.2. The van der Waals surface area contributed by atoms with Gasteiger partial charge in [0.2, 0.25) is 12.5 Å². The Hall–Kier alpha value is -3.63. The lowest BCUT2D eigenvalue weighted by Gasteiger charge is -2.48. The van der Waals surface area contributed by atoms with Crippen molar-refractivity contribution in [3.05, 3.63) is 63.3 Å². The molecule has 0 unspecified atom stereocenters. The first-order valence-corrected chi connectivity index (χ1v) is 15.3. The molecule has 0 saturated carbocycles. The van der Waals surface area contributed by atoms with E-state index in [1.54, 1.807) is 6.07 Å². The summed E-state index contributed by atoms with van der Waals surface area (Å²) in [6, 6.07) is 8.82. The molecule has 3 saturated heterocycles. The van der Waals surface area contributed by atoms with Crippen LogP contribution in [0.3, 0.4) is 0 Å². The van der Waals surface area contributed by atoms with Gasteiger partial charge in [-0.15, -0.1) is 11.3 Å². The lowest BCUT2D eigenvalue weighted by Crippen LogP contribution is -2.62. The molecule has 8 rings (SSSR count). The van der Waals surface area contributed by atoms with E-state index in [-0.39, 0.29) is 52.0 Å². The summed E-state index contributed by atoms with van der Waals surface area (Å²) in [5, 5.41) is 35.1. The molecule has 14 heteroatoms. The lowest BCUT2D eigenvalue weighted by molar-refractivity contribution is -0.368. The molecule has 0 bridgehead atoms. The van der Waals surface area contributed by atoms with Crippen molar-refractivity contribution in [1.29, 1.82) is 0 Å². The fraction of sp³-hybridized carbons (Fsp3) is 0.469. The van der Waals surface area contributed by atoms with Gasteiger partial charge in [0.15, 0.2) is 35.6 Å². The van der Waals surface area contributed by atoms with Gasteiger partial charge >= 0.3 is 5.97 Å². The number of rotatable bonds is 6. The van der Waals surface area contributed by atoms with E-state index in [4.69, 9.17) is 48.1 Å². The number of phenols is 1. The van der Waals surface area contributed by atoms with E-state index in [1.807, 2.05) is 11.4 Å². The molecule has 1 aromatic heterocycles. The molecule has 5 heterocycles. The molecule has 244 valence electrons. The van der Waals surface area contributed by atoms with Crippen LogP contribution in [-0.2, 0) is 28.5 Å². The average Bonchev–Trinajstić information content (AvgIpc) is 3.79. The number of benzene rings is 2. The van der Waals surface area contributed by atoms with Gasteiger partial charge in [0.05, 0.1) is 47.0 Å². The number of phenolic OH excluding ortho intramolecular Hbond substituents is 1. The Balaban J connectivity index is 1.24. The van der Waals surface area contributed by atoms with E-state index in [9.17, 15) is 21.5 Å². The Morgan fingerprint density at radius 3 is 2.43 bits per heavy atom. The number of cyclic esters (lactones) is 1. The van der Waals surface area contributed by atoms with Gasteiger partial charge in [0.1, 0.15) is 27.2 Å². The summed E-state index contributed by atoms with van der Waals surface area (Å²) in [6.07, 6.45) is -9.21. The average molecular weight is 662 g/mol. The summed E-state index contributed by atoms with van der Waals surface area (Å²) < 4.78 is 94.9. The van der Waals surface area contributed by atoms with Crippen LogP contribution in [0.1, 0.15) is 46.7 Å². The highest BCUT2D eigenvalue weighted by Crippen LogP contribution is 2.57. The number of carbonyl (C=O) groups excluding carboxylic acids is 1. The van der Waals surface area contributed by atoms with Gasteiger partial charge in [0.25, 0.3) is 0 Å². The van der Waals surface area contributed by atoms with Gasteiger partial charge in [-0.1, -0.05) is 6.07 Å². The Morgan fingerprint density at radius 2 is 1.74 bits per heavy atom. The van der Waals surface area contributed by atoms with E-state index in [2.05, 4.69) is 0 Å². The van der Waals surface area contributed by atoms with Crippen molar-refractivity contribution >= 4 is 17.3 Å². The highest BCUT2D eigenvalue weighted by atomic mass is 32.1. The predicted molar refractivity (Wildman–Crippen MR) is 156 cm³/mol. The summed E-state index contributed by atoms with van der Waals surface area (Å²) in [5.41, 5.74) is 0.0510. The number of fused-ring (bicyclic) bond motifs is 4. The second kappa shape index (κ2) is 11.6. The number of hydrogen-bond acceptors (Lipinski definition) is 14. The number of methoxy groups -OCH3 is 2. The number of aromatic hydroxyl groups is 1. The Bertz CT molecular complexity index is 1840. The molecule has 4 aliphatic heterocycles. The molecule has 5 aliphatic rings. The van der Waals surface area contributed by atoms with Gasteiger partial charge in [-0.3, -0.25) is 4.79 Å². The maximum Gasteiger partial charge on any atom is 0.310 e. The highest BCUT2D eigenvalue weighted by molar-refractivity contribution is 7.10. The lowest BCUT2D eigenvalue weighted by atomic mass is 9.66. The summed E-state index contributed by atoms with van der Waals surface area (Å²) in [7, 11) is 2.55. The van der Waals surface area contributed by atoms with Crippen LogP contribution in [0.2, 0.25) is 0 Å². The minimum atomic E-state index is -2.77. The van der Waals surface area contributed by atoms with Crippen LogP contribution in [0.15, 0.2) is 41.8 Å². The summed E-state index contributed by atoms with van der Waals surface area (Å²) in [4.78, 5) is 14.5. The van der Waals surface area contributed by atoms with E-state index in [0.717, 1.165) is 4.88 Å². The Morgan fingerprint density at radius 1 is 1.00 bits per heavy atom. The quantitative estimate of drug-likeness (QED) is 0.331. The first-order valence-electron chi connectivity index (χ1n) is 16.9. The minimum absolute atomic E-state index is 0.00917. The Labute approximate surface area is 274 Å². The molecule has 13 nitrogen and oxygen atoms in total. The third kappa shape index (κ3) is 4.70. The van der Waals surface area contributed by atoms with E-state index in [0.29, 0.717) is 0 Å². The van der Waals surface area contributed by atoms with Crippen LogP contribution >= 0.6 is 11.3 Å². The molecule has 3 fully saturated rings. The highest BCUT2D eigenvalue weighted by Gasteiger charge is 2.56. The number of hydrogen-bond donors (Lipinski definition) is 3. The van der Waals surface area contributed by atoms with Crippen LogP contribution < -0.4 is 18.9 Å². The number of ether oxygens (including phenoxy) is 9. The molecule has 2 aromatic carbocycles. The Kier molecular flexibility index (Phi) is 6.16. The molecular weight excluding hydrogens is 624 g/mol. The number of esters is 1. The summed E-state index contributed by atoms with van der Waals surface area (Å²) >= 11 is 1.39. The minimum Gasteiger partial charge on any atom is -0.502 e. The van der Waals surface area contributed by atoms with Crippen molar-refractivity contribution in [2.45, 2.75) is 49.0 Å². The monoisotopic (exact) mass is 661 g/mol. The fourth-order valence-electron chi connectivity index (χ4n) is 6.56. The molecule has 0 radical (unpaired) electrons. The largest absolute Gasteiger partial charge is 0.502 e. The number of carbonyl (C=O) groups is 1. The van der Waals surface area contributed by atoms with Crippen molar-refractivity contribution < 1.29 is 69.6 Å². The topological polar surface area (TPSA) is 161 Å². The van der Waals surface area contributed by atoms with Crippen LogP contribution in [0, 0.1) is 11.8 Å². The zero-order chi connectivity index (χ0) is 36.2. The maximum absolute atomic E-state index is 13.8. The van der Waals surface area contributed by atoms with Gasteiger partial charge in [-0.2, -0.15) is 0 Å². The third-order valence-corrected chi connectivity index (χ3v) is 9.64. The maximum atomic E-state index is 13.8. The normalized spacial score (nSPS) is 39.7. The molecule has 10 atom stereocenters. The first kappa shape index (κ1) is 24.5. The van der Waals surface area contributed by atoms with Crippen molar-refractivity contribution in [3.8, 4) is 28.7 Å². The van der Waals surface area contributed by atoms with Crippen LogP contribution in [0.4, 0.5) is 0 Å². The van der Waals surface area contributed by atoms with Gasteiger partial charge in [-0.25, -0.2) is 0 Å². The zero-order valence-corrected chi connectivity index (χ0v) is 25.1. The van der Waals surface area contributed by atoms with Crippen LogP contribution in [-0.4, -0.2) is 86.1 Å². The standard InChI is InChI=1S/C32H32O13S/c1-37-19-6-13(7-20(38-2)25(19)33)23-14-8-17-18(42-12-41-17)9-15(14)28(16-10-39-30(36)24(16)23)44-32-27(35)26(34)29-21(43-32)11-40-31(45-29)22-4-3-5-46-22/h3-9,16,21,23-24,26-29,31-35H,10-12H2,1-2H3/t16-,21+,23+,24-,26+,27+,28+,29+,31+,32-/m0/s1/i10D2,12D2,23D. The summed E-state index contributed by atoms with van der Waals surface area (Å²) in [5.74, 6) is -7.44. The molecular formula is C32H32O13S. The van der Waals surface area contributed by atoms with Crippen LogP contribution in [0.25, 0.3) is 0 Å². The molecule has 1 aliphatic carbocycles.